The minimum absolute atomic E-state index is 0.00492. The lowest BCUT2D eigenvalue weighted by Crippen LogP contribution is -2.03. The maximum atomic E-state index is 9.79. The van der Waals surface area contributed by atoms with Crippen LogP contribution in [0.2, 0.25) is 0 Å². The largest absolute Gasteiger partial charge is 0.357 e. The van der Waals surface area contributed by atoms with Gasteiger partial charge in [0.15, 0.2) is 0 Å². The molecule has 0 saturated heterocycles. The third kappa shape index (κ3) is 1.90. The Balaban J connectivity index is 2.18. The molecule has 0 aliphatic carbocycles. The summed E-state index contributed by atoms with van der Waals surface area (Å²) >= 11 is 1.76. The second-order valence-corrected chi connectivity index (χ2v) is 5.13. The standard InChI is InChI=1S/C15H13O2S/c1-2-17-15(16)10-7-8-14-12(9-10)11-5-3-4-6-13(11)18-14/h3-9,16H,2H2,1H3. The molecule has 0 atom stereocenters. The van der Waals surface area contributed by atoms with Crippen LogP contribution in [0.4, 0.5) is 0 Å². The zero-order valence-electron chi connectivity index (χ0n) is 10.0. The molecule has 0 saturated carbocycles. The summed E-state index contributed by atoms with van der Waals surface area (Å²) in [5, 5.41) is 12.2. The van der Waals surface area contributed by atoms with Crippen LogP contribution in [0.1, 0.15) is 12.5 Å². The van der Waals surface area contributed by atoms with E-state index in [1.165, 1.54) is 20.2 Å². The Bertz CT molecular complexity index is 687. The molecule has 3 aromatic rings. The van der Waals surface area contributed by atoms with Crippen LogP contribution in [0.5, 0.6) is 0 Å². The fraction of sp³-hybridized carbons (Fsp3) is 0.133. The van der Waals surface area contributed by atoms with Gasteiger partial charge in [-0.2, -0.15) is 0 Å². The molecule has 2 nitrogen and oxygen atoms in total. The predicted molar refractivity (Wildman–Crippen MR) is 75.2 cm³/mol. The second-order valence-electron chi connectivity index (χ2n) is 4.05. The molecule has 1 aromatic heterocycles. The van der Waals surface area contributed by atoms with E-state index in [1.54, 1.807) is 11.3 Å². The van der Waals surface area contributed by atoms with Crippen LogP contribution in [0.3, 0.4) is 0 Å². The summed E-state index contributed by atoms with van der Waals surface area (Å²) < 4.78 is 7.63. The minimum Gasteiger partial charge on any atom is -0.357 e. The normalized spacial score (nSPS) is 11.7. The molecule has 0 bridgehead atoms. The Hall–Kier alpha value is -1.42. The van der Waals surface area contributed by atoms with Crippen molar-refractivity contribution in [1.82, 2.24) is 0 Å². The first-order valence-corrected chi connectivity index (χ1v) is 6.71. The Labute approximate surface area is 109 Å². The number of thiophene rings is 1. The molecule has 1 heterocycles. The monoisotopic (exact) mass is 257 g/mol. The fourth-order valence-electron chi connectivity index (χ4n) is 2.08. The van der Waals surface area contributed by atoms with Gasteiger partial charge in [0.2, 0.25) is 0 Å². The number of benzene rings is 2. The lowest BCUT2D eigenvalue weighted by atomic mass is 10.1. The molecular weight excluding hydrogens is 244 g/mol. The van der Waals surface area contributed by atoms with Crippen molar-refractivity contribution in [3.8, 4) is 0 Å². The number of hydrogen-bond donors (Lipinski definition) is 1. The molecule has 1 N–H and O–H groups in total. The Morgan fingerprint density at radius 1 is 1.11 bits per heavy atom. The first-order valence-electron chi connectivity index (χ1n) is 5.90. The molecular formula is C15H13O2S. The summed E-state index contributed by atoms with van der Waals surface area (Å²) in [4.78, 5) is 0. The first-order chi connectivity index (χ1) is 8.79. The molecule has 1 radical (unpaired) electrons. The van der Waals surface area contributed by atoms with Crippen LogP contribution in [0.25, 0.3) is 20.2 Å². The molecule has 91 valence electrons. The molecule has 0 fully saturated rings. The quantitative estimate of drug-likeness (QED) is 0.758. The van der Waals surface area contributed by atoms with Gasteiger partial charge < -0.3 is 9.84 Å². The van der Waals surface area contributed by atoms with E-state index in [4.69, 9.17) is 4.74 Å². The highest BCUT2D eigenvalue weighted by Crippen LogP contribution is 2.34. The van der Waals surface area contributed by atoms with E-state index in [-0.39, 0.29) is 6.29 Å². The zero-order chi connectivity index (χ0) is 12.5. The summed E-state index contributed by atoms with van der Waals surface area (Å²) in [7, 11) is 0. The van der Waals surface area contributed by atoms with Crippen LogP contribution in [-0.2, 0) is 4.74 Å². The highest BCUT2D eigenvalue weighted by Gasteiger charge is 2.12. The van der Waals surface area contributed by atoms with Crippen molar-refractivity contribution in [1.29, 1.82) is 0 Å². The van der Waals surface area contributed by atoms with E-state index in [0.717, 1.165) is 5.56 Å². The van der Waals surface area contributed by atoms with Crippen molar-refractivity contribution >= 4 is 31.5 Å². The fourth-order valence-corrected chi connectivity index (χ4v) is 3.17. The van der Waals surface area contributed by atoms with Crippen molar-refractivity contribution in [3.63, 3.8) is 0 Å². The highest BCUT2D eigenvalue weighted by molar-refractivity contribution is 7.25. The summed E-state index contributed by atoms with van der Waals surface area (Å²) in [5.41, 5.74) is 0.730. The third-order valence-electron chi connectivity index (χ3n) is 2.90. The van der Waals surface area contributed by atoms with Gasteiger partial charge in [0, 0.05) is 32.3 Å². The summed E-state index contributed by atoms with van der Waals surface area (Å²) in [5.74, 6) is 0. The van der Waals surface area contributed by atoms with E-state index in [1.807, 2.05) is 37.3 Å². The van der Waals surface area contributed by atoms with Crippen molar-refractivity contribution in [2.75, 3.05) is 6.61 Å². The van der Waals surface area contributed by atoms with Gasteiger partial charge in [-0.05, 0) is 25.1 Å². The van der Waals surface area contributed by atoms with Gasteiger partial charge in [-0.3, -0.25) is 0 Å². The van der Waals surface area contributed by atoms with E-state index >= 15 is 0 Å². The lowest BCUT2D eigenvalue weighted by Gasteiger charge is -2.08. The average molecular weight is 257 g/mol. The van der Waals surface area contributed by atoms with Gasteiger partial charge in [0.25, 0.3) is 6.29 Å². The van der Waals surface area contributed by atoms with Crippen molar-refractivity contribution in [3.05, 3.63) is 54.3 Å². The van der Waals surface area contributed by atoms with Gasteiger partial charge in [-0.25, -0.2) is 0 Å². The van der Waals surface area contributed by atoms with Crippen molar-refractivity contribution < 1.29 is 9.84 Å². The summed E-state index contributed by atoms with van der Waals surface area (Å²) in [6.45, 7) is 2.32. The lowest BCUT2D eigenvalue weighted by molar-refractivity contribution is 0.0348. The molecule has 0 spiro atoms. The van der Waals surface area contributed by atoms with Gasteiger partial charge in [0.05, 0.1) is 0 Å². The van der Waals surface area contributed by atoms with E-state index in [2.05, 4.69) is 12.1 Å². The second kappa shape index (κ2) is 4.69. The molecule has 0 amide bonds. The maximum absolute atomic E-state index is 9.79. The van der Waals surface area contributed by atoms with Gasteiger partial charge in [0.1, 0.15) is 0 Å². The number of fused-ring (bicyclic) bond motifs is 3. The maximum Gasteiger partial charge on any atom is 0.253 e. The van der Waals surface area contributed by atoms with Crippen LogP contribution in [0, 0.1) is 6.29 Å². The van der Waals surface area contributed by atoms with Crippen molar-refractivity contribution in [2.24, 2.45) is 0 Å². The highest BCUT2D eigenvalue weighted by atomic mass is 32.1. The van der Waals surface area contributed by atoms with Crippen LogP contribution < -0.4 is 0 Å². The third-order valence-corrected chi connectivity index (χ3v) is 4.06. The number of aliphatic hydroxyl groups is 1. The molecule has 0 aliphatic heterocycles. The smallest absolute Gasteiger partial charge is 0.253 e. The Morgan fingerprint density at radius 2 is 1.89 bits per heavy atom. The van der Waals surface area contributed by atoms with Crippen LogP contribution in [0.15, 0.2) is 42.5 Å². The minimum atomic E-state index is -0.00492. The van der Waals surface area contributed by atoms with Gasteiger partial charge in [-0.15, -0.1) is 11.3 Å². The molecule has 3 heteroatoms. The SMILES string of the molecule is CCO[C](O)c1ccc2sc3ccccc3c2c1. The summed E-state index contributed by atoms with van der Waals surface area (Å²) in [6, 6.07) is 14.2. The number of rotatable bonds is 3. The molecule has 2 aromatic carbocycles. The van der Waals surface area contributed by atoms with Gasteiger partial charge in [-0.1, -0.05) is 24.3 Å². The van der Waals surface area contributed by atoms with Crippen molar-refractivity contribution in [2.45, 2.75) is 6.92 Å². The molecule has 0 aliphatic rings. The summed E-state index contributed by atoms with van der Waals surface area (Å²) in [6.07, 6.45) is -0.00492. The molecule has 3 rings (SSSR count). The van der Waals surface area contributed by atoms with Crippen LogP contribution >= 0.6 is 11.3 Å². The zero-order valence-corrected chi connectivity index (χ0v) is 10.8. The molecule has 18 heavy (non-hydrogen) atoms. The number of ether oxygens (including phenoxy) is 1. The van der Waals surface area contributed by atoms with Crippen LogP contribution in [-0.4, -0.2) is 11.7 Å². The number of hydrogen-bond acceptors (Lipinski definition) is 3. The van der Waals surface area contributed by atoms with E-state index < -0.39 is 0 Å². The Morgan fingerprint density at radius 3 is 2.72 bits per heavy atom. The Kier molecular flexibility index (Phi) is 3.04. The average Bonchev–Trinajstić information content (AvgIpc) is 2.76. The molecule has 0 unspecified atom stereocenters. The predicted octanol–water partition coefficient (Wildman–Crippen LogP) is 4.30. The van der Waals surface area contributed by atoms with E-state index in [9.17, 15) is 5.11 Å². The van der Waals surface area contributed by atoms with Gasteiger partial charge >= 0.3 is 0 Å². The van der Waals surface area contributed by atoms with E-state index in [0.29, 0.717) is 6.61 Å². The first kappa shape index (κ1) is 11.7. The number of aliphatic hydroxyl groups excluding tert-OH is 1. The topological polar surface area (TPSA) is 29.5 Å².